The lowest BCUT2D eigenvalue weighted by molar-refractivity contribution is -0.126. The fraction of sp³-hybridized carbons (Fsp3) is 0.435. The zero-order valence-corrected chi connectivity index (χ0v) is 17.1. The molecule has 1 fully saturated rings. The highest BCUT2D eigenvalue weighted by atomic mass is 19.1. The van der Waals surface area contributed by atoms with E-state index in [1.807, 2.05) is 12.1 Å². The van der Waals surface area contributed by atoms with Crippen LogP contribution in [0.15, 0.2) is 48.8 Å². The van der Waals surface area contributed by atoms with Crippen LogP contribution in [0, 0.1) is 11.7 Å². The van der Waals surface area contributed by atoms with Crippen LogP contribution in [0.4, 0.5) is 4.39 Å². The Balaban J connectivity index is 1.55. The van der Waals surface area contributed by atoms with E-state index in [9.17, 15) is 14.0 Å². The summed E-state index contributed by atoms with van der Waals surface area (Å²) in [5.74, 6) is -0.456. The van der Waals surface area contributed by atoms with Gasteiger partial charge in [-0.3, -0.25) is 19.5 Å². The first kappa shape index (κ1) is 21.9. The fourth-order valence-corrected chi connectivity index (χ4v) is 3.65. The molecular formula is C23H29FN4O2. The van der Waals surface area contributed by atoms with Crippen LogP contribution >= 0.6 is 0 Å². The minimum Gasteiger partial charge on any atom is -0.356 e. The van der Waals surface area contributed by atoms with Gasteiger partial charge in [0.2, 0.25) is 11.8 Å². The second-order valence-electron chi connectivity index (χ2n) is 7.70. The number of halogens is 1. The van der Waals surface area contributed by atoms with Gasteiger partial charge in [0.05, 0.1) is 0 Å². The van der Waals surface area contributed by atoms with Crippen molar-refractivity contribution in [3.8, 4) is 0 Å². The lowest BCUT2D eigenvalue weighted by Gasteiger charge is -2.22. The third-order valence-electron chi connectivity index (χ3n) is 5.40. The highest BCUT2D eigenvalue weighted by Crippen LogP contribution is 2.15. The number of pyridine rings is 1. The molecule has 7 heteroatoms. The smallest absolute Gasteiger partial charge is 0.223 e. The Morgan fingerprint density at radius 3 is 2.63 bits per heavy atom. The van der Waals surface area contributed by atoms with E-state index >= 15 is 0 Å². The number of rotatable bonds is 5. The van der Waals surface area contributed by atoms with Crippen LogP contribution in [0.25, 0.3) is 0 Å². The molecule has 1 aromatic heterocycles. The summed E-state index contributed by atoms with van der Waals surface area (Å²) in [5.41, 5.74) is 2.02. The topological polar surface area (TPSA) is 74.3 Å². The van der Waals surface area contributed by atoms with Crippen LogP contribution in [0.5, 0.6) is 0 Å². The largest absolute Gasteiger partial charge is 0.356 e. The van der Waals surface area contributed by atoms with Crippen LogP contribution in [0.2, 0.25) is 0 Å². The number of amides is 2. The number of aromatic nitrogens is 1. The normalized spacial score (nSPS) is 18.8. The number of benzene rings is 1. The summed E-state index contributed by atoms with van der Waals surface area (Å²) in [7, 11) is 0. The quantitative estimate of drug-likeness (QED) is 0.792. The maximum atomic E-state index is 13.0. The molecule has 3 rings (SSSR count). The Labute approximate surface area is 176 Å². The average Bonchev–Trinajstić information content (AvgIpc) is 2.79. The molecule has 6 nitrogen and oxygen atoms in total. The molecular weight excluding hydrogens is 383 g/mol. The van der Waals surface area contributed by atoms with E-state index in [0.29, 0.717) is 32.5 Å². The van der Waals surface area contributed by atoms with E-state index < -0.39 is 0 Å². The molecule has 160 valence electrons. The first-order valence-corrected chi connectivity index (χ1v) is 10.5. The molecule has 0 bridgehead atoms. The molecule has 2 N–H and O–H groups in total. The second-order valence-corrected chi connectivity index (χ2v) is 7.70. The third kappa shape index (κ3) is 7.22. The molecule has 0 saturated carbocycles. The third-order valence-corrected chi connectivity index (χ3v) is 5.40. The van der Waals surface area contributed by atoms with Gasteiger partial charge in [0.1, 0.15) is 5.82 Å². The van der Waals surface area contributed by atoms with Gasteiger partial charge < -0.3 is 10.6 Å². The monoisotopic (exact) mass is 412 g/mol. The van der Waals surface area contributed by atoms with Crippen molar-refractivity contribution in [1.82, 2.24) is 20.5 Å². The Bertz CT molecular complexity index is 814. The van der Waals surface area contributed by atoms with Gasteiger partial charge in [-0.15, -0.1) is 0 Å². The zero-order valence-electron chi connectivity index (χ0n) is 17.1. The summed E-state index contributed by atoms with van der Waals surface area (Å²) in [4.78, 5) is 31.2. The molecule has 1 aliphatic heterocycles. The van der Waals surface area contributed by atoms with Crippen molar-refractivity contribution in [2.24, 2.45) is 5.92 Å². The van der Waals surface area contributed by atoms with E-state index in [4.69, 9.17) is 0 Å². The number of carbonyl (C=O) groups is 2. The molecule has 1 aliphatic rings. The van der Waals surface area contributed by atoms with Gasteiger partial charge in [0.15, 0.2) is 0 Å². The summed E-state index contributed by atoms with van der Waals surface area (Å²) >= 11 is 0. The SMILES string of the molecule is O=C1CCN(Cc2ccncc2)CCCC(C(=O)NCc2ccc(F)cc2)CCN1. The van der Waals surface area contributed by atoms with Gasteiger partial charge in [-0.05, 0) is 61.2 Å². The summed E-state index contributed by atoms with van der Waals surface area (Å²) in [6.45, 7) is 3.15. The Hall–Kier alpha value is -2.80. The van der Waals surface area contributed by atoms with E-state index in [2.05, 4.69) is 20.5 Å². The van der Waals surface area contributed by atoms with Crippen molar-refractivity contribution in [3.63, 3.8) is 0 Å². The summed E-state index contributed by atoms with van der Waals surface area (Å²) in [5, 5.41) is 5.89. The van der Waals surface area contributed by atoms with E-state index in [-0.39, 0.29) is 23.5 Å². The van der Waals surface area contributed by atoms with Crippen molar-refractivity contribution < 1.29 is 14.0 Å². The molecule has 2 amide bonds. The first-order chi connectivity index (χ1) is 14.6. The Kier molecular flexibility index (Phi) is 8.32. The highest BCUT2D eigenvalue weighted by Gasteiger charge is 2.20. The molecule has 0 radical (unpaired) electrons. The summed E-state index contributed by atoms with van der Waals surface area (Å²) in [6.07, 6.45) is 6.26. The van der Waals surface area contributed by atoms with Crippen molar-refractivity contribution in [3.05, 3.63) is 65.7 Å². The lowest BCUT2D eigenvalue weighted by atomic mass is 9.98. The number of nitrogens with one attached hydrogen (secondary N) is 2. The molecule has 0 aliphatic carbocycles. The van der Waals surface area contributed by atoms with E-state index in [0.717, 1.165) is 37.1 Å². The molecule has 1 aromatic carbocycles. The fourth-order valence-electron chi connectivity index (χ4n) is 3.65. The van der Waals surface area contributed by atoms with Gasteiger partial charge in [-0.25, -0.2) is 4.39 Å². The van der Waals surface area contributed by atoms with E-state index in [1.54, 1.807) is 24.5 Å². The van der Waals surface area contributed by atoms with Crippen LogP contribution in [-0.2, 0) is 22.7 Å². The Morgan fingerprint density at radius 2 is 1.87 bits per heavy atom. The predicted octanol–water partition coefficient (Wildman–Crippen LogP) is 2.65. The second kappa shape index (κ2) is 11.4. The van der Waals surface area contributed by atoms with Crippen LogP contribution in [-0.4, -0.2) is 41.3 Å². The molecule has 2 heterocycles. The van der Waals surface area contributed by atoms with E-state index in [1.165, 1.54) is 12.1 Å². The minimum atomic E-state index is -0.291. The van der Waals surface area contributed by atoms with Gasteiger partial charge >= 0.3 is 0 Å². The van der Waals surface area contributed by atoms with Crippen molar-refractivity contribution in [2.75, 3.05) is 19.6 Å². The highest BCUT2D eigenvalue weighted by molar-refractivity contribution is 5.79. The Morgan fingerprint density at radius 1 is 1.10 bits per heavy atom. The molecule has 2 aromatic rings. The number of nitrogens with zero attached hydrogens (tertiary/aromatic N) is 2. The molecule has 1 atom stereocenters. The van der Waals surface area contributed by atoms with Gasteiger partial charge in [0, 0.05) is 50.9 Å². The predicted molar refractivity (Wildman–Crippen MR) is 113 cm³/mol. The number of hydrogen-bond acceptors (Lipinski definition) is 4. The molecule has 1 unspecified atom stereocenters. The minimum absolute atomic E-state index is 0.0158. The van der Waals surface area contributed by atoms with Gasteiger partial charge in [-0.1, -0.05) is 12.1 Å². The average molecular weight is 413 g/mol. The molecule has 1 saturated heterocycles. The van der Waals surface area contributed by atoms with Crippen LogP contribution in [0.3, 0.4) is 0 Å². The van der Waals surface area contributed by atoms with Crippen molar-refractivity contribution in [2.45, 2.75) is 38.8 Å². The van der Waals surface area contributed by atoms with Crippen molar-refractivity contribution in [1.29, 1.82) is 0 Å². The molecule has 30 heavy (non-hydrogen) atoms. The summed E-state index contributed by atoms with van der Waals surface area (Å²) in [6, 6.07) is 10.1. The zero-order chi connectivity index (χ0) is 21.2. The maximum Gasteiger partial charge on any atom is 0.223 e. The molecule has 0 spiro atoms. The number of carbonyl (C=O) groups excluding carboxylic acids is 2. The number of hydrogen-bond donors (Lipinski definition) is 2. The lowest BCUT2D eigenvalue weighted by Crippen LogP contribution is -2.33. The van der Waals surface area contributed by atoms with Crippen molar-refractivity contribution >= 4 is 11.8 Å². The standard InChI is InChI=1S/C23H29FN4O2/c24-21-5-3-18(4-6-21)16-27-23(30)20-2-1-14-28(15-10-22(29)26-13-9-20)17-19-7-11-25-12-8-19/h3-8,11-12,20H,1-2,9-10,13-17H2,(H,26,29)(H,27,30). The van der Waals surface area contributed by atoms with Gasteiger partial charge in [-0.2, -0.15) is 0 Å². The maximum absolute atomic E-state index is 13.0. The summed E-state index contributed by atoms with van der Waals surface area (Å²) < 4.78 is 13.0. The van der Waals surface area contributed by atoms with Crippen LogP contribution < -0.4 is 10.6 Å². The first-order valence-electron chi connectivity index (χ1n) is 10.5. The van der Waals surface area contributed by atoms with Crippen LogP contribution in [0.1, 0.15) is 36.8 Å². The van der Waals surface area contributed by atoms with Gasteiger partial charge in [0.25, 0.3) is 0 Å².